The number of halogens is 6. The van der Waals surface area contributed by atoms with Gasteiger partial charge < -0.3 is 14.7 Å². The zero-order valence-corrected chi connectivity index (χ0v) is 20.7. The number of hydroxylamine groups is 1. The lowest BCUT2D eigenvalue weighted by Crippen LogP contribution is -2.41. The number of carbonyl (C=O) groups excluding carboxylic acids is 2. The quantitative estimate of drug-likeness (QED) is 0.332. The van der Waals surface area contributed by atoms with Gasteiger partial charge in [0, 0.05) is 23.4 Å². The van der Waals surface area contributed by atoms with Crippen molar-refractivity contribution in [3.63, 3.8) is 0 Å². The van der Waals surface area contributed by atoms with E-state index < -0.39 is 71.7 Å². The Bertz CT molecular complexity index is 1480. The fourth-order valence-electron chi connectivity index (χ4n) is 3.03. The predicted octanol–water partition coefficient (Wildman–Crippen LogP) is 2.55. The van der Waals surface area contributed by atoms with Crippen LogP contribution >= 0.6 is 11.6 Å². The molecule has 0 aliphatic rings. The van der Waals surface area contributed by atoms with E-state index in [1.807, 2.05) is 0 Å². The molecule has 208 valence electrons. The van der Waals surface area contributed by atoms with Gasteiger partial charge in [-0.05, 0) is 26.0 Å². The average Bonchev–Trinajstić information content (AvgIpc) is 2.86. The third kappa shape index (κ3) is 6.83. The van der Waals surface area contributed by atoms with Gasteiger partial charge in [0.25, 0.3) is 11.5 Å². The van der Waals surface area contributed by atoms with Crippen LogP contribution in [0, 0.1) is 25.5 Å². The van der Waals surface area contributed by atoms with Crippen molar-refractivity contribution in [1.29, 1.82) is 0 Å². The Morgan fingerprint density at radius 1 is 1.15 bits per heavy atom. The third-order valence-corrected chi connectivity index (χ3v) is 5.23. The van der Waals surface area contributed by atoms with Crippen LogP contribution < -0.4 is 15.4 Å². The molecule has 2 heterocycles. The monoisotopic (exact) mass is 577 g/mol. The first-order valence-electron chi connectivity index (χ1n) is 10.6. The molecule has 17 heteroatoms. The highest BCUT2D eigenvalue weighted by atomic mass is 35.5. The van der Waals surface area contributed by atoms with Crippen LogP contribution in [-0.4, -0.2) is 49.3 Å². The molecule has 0 aliphatic heterocycles. The van der Waals surface area contributed by atoms with Crippen molar-refractivity contribution in [3.05, 3.63) is 74.2 Å². The molecule has 11 nitrogen and oxygen atoms in total. The second-order valence-corrected chi connectivity index (χ2v) is 8.06. The maximum Gasteiger partial charge on any atom is 0.493 e. The molecule has 3 aromatic rings. The molecule has 2 aromatic heterocycles. The summed E-state index contributed by atoms with van der Waals surface area (Å²) in [4.78, 5) is 52.4. The van der Waals surface area contributed by atoms with Crippen molar-refractivity contribution in [2.75, 3.05) is 11.7 Å². The molecule has 0 aliphatic carbocycles. The number of benzene rings is 1. The average molecular weight is 578 g/mol. The lowest BCUT2D eigenvalue weighted by atomic mass is 10.2. The van der Waals surface area contributed by atoms with E-state index in [1.54, 1.807) is 0 Å². The normalized spacial score (nSPS) is 11.3. The van der Waals surface area contributed by atoms with Crippen LogP contribution in [0.1, 0.15) is 22.8 Å². The van der Waals surface area contributed by atoms with Crippen molar-refractivity contribution in [2.24, 2.45) is 0 Å². The maximum atomic E-state index is 13.9. The largest absolute Gasteiger partial charge is 0.493 e. The molecule has 0 saturated heterocycles. The first-order valence-corrected chi connectivity index (χ1v) is 11.0. The van der Waals surface area contributed by atoms with Crippen molar-refractivity contribution < 1.29 is 46.2 Å². The number of nitrogens with zero attached hydrogens (tertiary/aromatic N) is 5. The van der Waals surface area contributed by atoms with E-state index in [4.69, 9.17) is 16.3 Å². The smallest absolute Gasteiger partial charge is 0.471 e. The topological polar surface area (TPSA) is 137 Å². The van der Waals surface area contributed by atoms with Gasteiger partial charge in [-0.3, -0.25) is 14.2 Å². The van der Waals surface area contributed by atoms with Crippen molar-refractivity contribution in [2.45, 2.75) is 33.2 Å². The van der Waals surface area contributed by atoms with E-state index in [0.29, 0.717) is 6.07 Å². The second-order valence-electron chi connectivity index (χ2n) is 7.68. The minimum Gasteiger partial charge on any atom is -0.471 e. The molecular formula is C22H17ClF5N5O6. The van der Waals surface area contributed by atoms with Crippen LogP contribution in [0.5, 0.6) is 5.88 Å². The summed E-state index contributed by atoms with van der Waals surface area (Å²) < 4.78 is 71.6. The standard InChI is InChI=1S/C22H17ClF5N5O6/c1-10-29-6-13(18(30-10)33(16(35)8-34)39-21(37)22(26,27)28)7-32-11(2)31-19(17(23)20(32)36)38-9-12-3-4-14(24)5-15(12)25/h3-6,34H,7-9H2,1-2H3. The summed E-state index contributed by atoms with van der Waals surface area (Å²) in [5.74, 6) is -7.16. The van der Waals surface area contributed by atoms with E-state index >= 15 is 0 Å². The van der Waals surface area contributed by atoms with Crippen LogP contribution in [0.4, 0.5) is 27.8 Å². The van der Waals surface area contributed by atoms with Crippen LogP contribution in [0.3, 0.4) is 0 Å². The molecule has 39 heavy (non-hydrogen) atoms. The summed E-state index contributed by atoms with van der Waals surface area (Å²) in [5.41, 5.74) is -1.18. The Morgan fingerprint density at radius 2 is 1.85 bits per heavy atom. The molecule has 0 unspecified atom stereocenters. The van der Waals surface area contributed by atoms with E-state index in [1.165, 1.54) is 13.8 Å². The van der Waals surface area contributed by atoms with Gasteiger partial charge in [-0.15, -0.1) is 5.06 Å². The lowest BCUT2D eigenvalue weighted by Gasteiger charge is -2.23. The number of aliphatic hydroxyl groups is 1. The minimum atomic E-state index is -5.49. The Balaban J connectivity index is 1.97. The number of aliphatic hydroxyl groups excluding tert-OH is 1. The van der Waals surface area contributed by atoms with Crippen LogP contribution in [-0.2, 0) is 27.6 Å². The zero-order valence-electron chi connectivity index (χ0n) is 19.9. The highest BCUT2D eigenvalue weighted by molar-refractivity contribution is 6.31. The number of anilines is 1. The highest BCUT2D eigenvalue weighted by Gasteiger charge is 2.44. The van der Waals surface area contributed by atoms with E-state index in [9.17, 15) is 41.4 Å². The van der Waals surface area contributed by atoms with Gasteiger partial charge in [0.05, 0.1) is 6.54 Å². The Hall–Kier alpha value is -4.18. The number of hydrogen-bond donors (Lipinski definition) is 1. The number of amides is 1. The summed E-state index contributed by atoms with van der Waals surface area (Å²) in [6, 6.07) is 2.75. The van der Waals surface area contributed by atoms with E-state index in [0.717, 1.165) is 22.9 Å². The highest BCUT2D eigenvalue weighted by Crippen LogP contribution is 2.25. The first-order chi connectivity index (χ1) is 18.2. The molecule has 3 rings (SSSR count). The molecule has 0 saturated carbocycles. The third-order valence-electron chi connectivity index (χ3n) is 4.90. The summed E-state index contributed by atoms with van der Waals surface area (Å²) in [6.45, 7) is 0.282. The summed E-state index contributed by atoms with van der Waals surface area (Å²) >= 11 is 6.09. The second kappa shape index (κ2) is 11.7. The Kier molecular flexibility index (Phi) is 8.81. The van der Waals surface area contributed by atoms with Gasteiger partial charge in [0.1, 0.15) is 36.5 Å². The first kappa shape index (κ1) is 29.4. The molecule has 0 bridgehead atoms. The molecule has 1 N–H and O–H groups in total. The Morgan fingerprint density at radius 3 is 2.46 bits per heavy atom. The fourth-order valence-corrected chi connectivity index (χ4v) is 3.23. The van der Waals surface area contributed by atoms with Gasteiger partial charge in [-0.2, -0.15) is 18.2 Å². The van der Waals surface area contributed by atoms with Gasteiger partial charge in [-0.25, -0.2) is 23.5 Å². The summed E-state index contributed by atoms with van der Waals surface area (Å²) in [7, 11) is 0. The van der Waals surface area contributed by atoms with E-state index in [-0.39, 0.29) is 27.8 Å². The molecule has 1 aromatic carbocycles. The van der Waals surface area contributed by atoms with Crippen molar-refractivity contribution in [3.8, 4) is 5.88 Å². The Labute approximate surface area is 220 Å². The number of rotatable bonds is 7. The molecule has 0 spiro atoms. The number of aromatic nitrogens is 4. The zero-order chi connectivity index (χ0) is 29.1. The van der Waals surface area contributed by atoms with Gasteiger partial charge in [0.2, 0.25) is 5.88 Å². The summed E-state index contributed by atoms with van der Waals surface area (Å²) in [5, 5.41) is 8.48. The van der Waals surface area contributed by atoms with Crippen LogP contribution in [0.2, 0.25) is 5.02 Å². The van der Waals surface area contributed by atoms with Gasteiger partial charge in [-0.1, -0.05) is 11.6 Å². The minimum absolute atomic E-state index is 0.0559. The lowest BCUT2D eigenvalue weighted by molar-refractivity contribution is -0.202. The van der Waals surface area contributed by atoms with E-state index in [2.05, 4.69) is 19.8 Å². The number of carbonyl (C=O) groups is 2. The molecular weight excluding hydrogens is 561 g/mol. The number of ether oxygens (including phenoxy) is 1. The molecule has 0 atom stereocenters. The molecule has 1 amide bonds. The number of alkyl halides is 3. The van der Waals surface area contributed by atoms with Crippen LogP contribution in [0.25, 0.3) is 0 Å². The summed E-state index contributed by atoms with van der Waals surface area (Å²) in [6.07, 6.45) is -4.45. The van der Waals surface area contributed by atoms with Crippen molar-refractivity contribution >= 4 is 29.3 Å². The maximum absolute atomic E-state index is 13.9. The molecule has 0 radical (unpaired) electrons. The number of hydrogen-bond acceptors (Lipinski definition) is 9. The SMILES string of the molecule is Cc1ncc(Cn2c(C)nc(OCc3ccc(F)cc3F)c(Cl)c2=O)c(N(OC(=O)C(F)(F)F)C(=O)CO)n1. The van der Waals surface area contributed by atoms with Crippen molar-refractivity contribution in [1.82, 2.24) is 19.5 Å². The van der Waals surface area contributed by atoms with Gasteiger partial charge >= 0.3 is 12.1 Å². The van der Waals surface area contributed by atoms with Gasteiger partial charge in [0.15, 0.2) is 10.8 Å². The number of aryl methyl sites for hydroxylation is 2. The molecule has 0 fully saturated rings. The van der Waals surface area contributed by atoms with Crippen LogP contribution in [0.15, 0.2) is 29.2 Å². The fraction of sp³-hybridized carbons (Fsp3) is 0.273. The predicted molar refractivity (Wildman–Crippen MR) is 122 cm³/mol.